The summed E-state index contributed by atoms with van der Waals surface area (Å²) in [6.45, 7) is 4.95. The summed E-state index contributed by atoms with van der Waals surface area (Å²) in [7, 11) is 1.72. The molecule has 0 bridgehead atoms. The van der Waals surface area contributed by atoms with Gasteiger partial charge >= 0.3 is 0 Å². The van der Waals surface area contributed by atoms with Crippen LogP contribution in [0, 0.1) is 5.92 Å². The average Bonchev–Trinajstić information content (AvgIpc) is 2.46. The molecule has 0 aromatic heterocycles. The van der Waals surface area contributed by atoms with E-state index in [0.29, 0.717) is 6.04 Å². The summed E-state index contributed by atoms with van der Waals surface area (Å²) in [6.07, 6.45) is 2.33. The Hall–Kier alpha value is -1.06. The van der Waals surface area contributed by atoms with Crippen LogP contribution >= 0.6 is 0 Å². The van der Waals surface area contributed by atoms with Crippen molar-refractivity contribution in [3.8, 4) is 5.75 Å². The Morgan fingerprint density at radius 3 is 2.78 bits per heavy atom. The van der Waals surface area contributed by atoms with Crippen molar-refractivity contribution in [1.29, 1.82) is 0 Å². The van der Waals surface area contributed by atoms with Gasteiger partial charge in [0, 0.05) is 31.4 Å². The minimum Gasteiger partial charge on any atom is -0.496 e. The Labute approximate surface area is 109 Å². The van der Waals surface area contributed by atoms with Gasteiger partial charge in [0.2, 0.25) is 0 Å². The van der Waals surface area contributed by atoms with Gasteiger partial charge < -0.3 is 14.8 Å². The number of nitrogens with one attached hydrogen (secondary N) is 1. The summed E-state index contributed by atoms with van der Waals surface area (Å²) in [5.41, 5.74) is 1.22. The maximum Gasteiger partial charge on any atom is 0.123 e. The fourth-order valence-electron chi connectivity index (χ4n) is 2.50. The molecule has 0 saturated carbocycles. The summed E-state index contributed by atoms with van der Waals surface area (Å²) in [4.78, 5) is 0. The smallest absolute Gasteiger partial charge is 0.123 e. The molecule has 1 heterocycles. The van der Waals surface area contributed by atoms with Gasteiger partial charge in [-0.3, -0.25) is 0 Å². The van der Waals surface area contributed by atoms with Crippen molar-refractivity contribution in [1.82, 2.24) is 5.32 Å². The Bertz CT molecular complexity index is 361. The minimum atomic E-state index is 0.527. The van der Waals surface area contributed by atoms with E-state index < -0.39 is 0 Å². The Kier molecular flexibility index (Phi) is 5.02. The summed E-state index contributed by atoms with van der Waals surface area (Å²) in [5.74, 6) is 1.69. The summed E-state index contributed by atoms with van der Waals surface area (Å²) in [6, 6.07) is 8.71. The van der Waals surface area contributed by atoms with Crippen molar-refractivity contribution >= 4 is 0 Å². The van der Waals surface area contributed by atoms with Crippen LogP contribution < -0.4 is 10.1 Å². The van der Waals surface area contributed by atoms with Crippen molar-refractivity contribution in [3.63, 3.8) is 0 Å². The molecular weight excluding hydrogens is 226 g/mol. The summed E-state index contributed by atoms with van der Waals surface area (Å²) >= 11 is 0. The number of benzene rings is 1. The molecule has 0 aliphatic carbocycles. The largest absolute Gasteiger partial charge is 0.496 e. The molecule has 1 unspecified atom stereocenters. The first kappa shape index (κ1) is 13.4. The van der Waals surface area contributed by atoms with E-state index in [1.54, 1.807) is 7.11 Å². The Balaban J connectivity index is 1.86. The predicted octanol–water partition coefficient (Wildman–Crippen LogP) is 2.60. The highest BCUT2D eigenvalue weighted by atomic mass is 16.5. The molecule has 1 aromatic carbocycles. The number of para-hydroxylation sites is 1. The van der Waals surface area contributed by atoms with Gasteiger partial charge in [-0.15, -0.1) is 0 Å². The molecule has 1 saturated heterocycles. The number of hydrogen-bond donors (Lipinski definition) is 1. The molecular formula is C15H23NO2. The molecule has 3 heteroatoms. The quantitative estimate of drug-likeness (QED) is 0.870. The zero-order valence-corrected chi connectivity index (χ0v) is 11.3. The number of rotatable bonds is 5. The van der Waals surface area contributed by atoms with Crippen LogP contribution in [0.25, 0.3) is 0 Å². The SMILES string of the molecule is COc1ccccc1CNC(C)C1CCOCC1. The first-order chi connectivity index (χ1) is 8.81. The zero-order valence-electron chi connectivity index (χ0n) is 11.3. The molecule has 1 aromatic rings. The van der Waals surface area contributed by atoms with Gasteiger partial charge in [0.15, 0.2) is 0 Å². The van der Waals surface area contributed by atoms with E-state index in [0.717, 1.165) is 31.4 Å². The molecule has 3 nitrogen and oxygen atoms in total. The van der Waals surface area contributed by atoms with E-state index in [1.807, 2.05) is 12.1 Å². The highest BCUT2D eigenvalue weighted by Crippen LogP contribution is 2.21. The van der Waals surface area contributed by atoms with Crippen LogP contribution in [-0.4, -0.2) is 26.4 Å². The summed E-state index contributed by atoms with van der Waals surface area (Å²) < 4.78 is 10.8. The highest BCUT2D eigenvalue weighted by molar-refractivity contribution is 5.33. The zero-order chi connectivity index (χ0) is 12.8. The highest BCUT2D eigenvalue weighted by Gasteiger charge is 2.20. The van der Waals surface area contributed by atoms with E-state index >= 15 is 0 Å². The molecule has 2 rings (SSSR count). The third kappa shape index (κ3) is 3.47. The monoisotopic (exact) mass is 249 g/mol. The van der Waals surface area contributed by atoms with Gasteiger partial charge in [-0.1, -0.05) is 18.2 Å². The normalized spacial score (nSPS) is 18.6. The maximum atomic E-state index is 5.40. The van der Waals surface area contributed by atoms with Gasteiger partial charge in [-0.25, -0.2) is 0 Å². The van der Waals surface area contributed by atoms with E-state index in [2.05, 4.69) is 24.4 Å². The first-order valence-corrected chi connectivity index (χ1v) is 6.74. The van der Waals surface area contributed by atoms with E-state index in [4.69, 9.17) is 9.47 Å². The summed E-state index contributed by atoms with van der Waals surface area (Å²) in [5, 5.41) is 3.61. The average molecular weight is 249 g/mol. The van der Waals surface area contributed by atoms with Crippen LogP contribution in [0.3, 0.4) is 0 Å². The maximum absolute atomic E-state index is 5.40. The van der Waals surface area contributed by atoms with Gasteiger partial charge in [0.05, 0.1) is 7.11 Å². The van der Waals surface area contributed by atoms with E-state index in [-0.39, 0.29) is 0 Å². The van der Waals surface area contributed by atoms with Gasteiger partial charge in [0.25, 0.3) is 0 Å². The molecule has 1 N–H and O–H groups in total. The molecule has 18 heavy (non-hydrogen) atoms. The third-order valence-corrected chi connectivity index (χ3v) is 3.78. The molecule has 1 aliphatic heterocycles. The lowest BCUT2D eigenvalue weighted by Crippen LogP contribution is -2.36. The third-order valence-electron chi connectivity index (χ3n) is 3.78. The predicted molar refractivity (Wildman–Crippen MR) is 72.8 cm³/mol. The second-order valence-corrected chi connectivity index (χ2v) is 4.93. The van der Waals surface area contributed by atoms with Crippen LogP contribution in [0.4, 0.5) is 0 Å². The van der Waals surface area contributed by atoms with Gasteiger partial charge in [-0.2, -0.15) is 0 Å². The lowest BCUT2D eigenvalue weighted by Gasteiger charge is -2.28. The lowest BCUT2D eigenvalue weighted by molar-refractivity contribution is 0.0557. The number of ether oxygens (including phenoxy) is 2. The van der Waals surface area contributed by atoms with Crippen LogP contribution in [0.1, 0.15) is 25.3 Å². The fourth-order valence-corrected chi connectivity index (χ4v) is 2.50. The molecule has 1 fully saturated rings. The molecule has 0 spiro atoms. The van der Waals surface area contributed by atoms with Gasteiger partial charge in [-0.05, 0) is 31.7 Å². The topological polar surface area (TPSA) is 30.5 Å². The van der Waals surface area contributed by atoms with Crippen LogP contribution in [-0.2, 0) is 11.3 Å². The second-order valence-electron chi connectivity index (χ2n) is 4.93. The second kappa shape index (κ2) is 6.76. The first-order valence-electron chi connectivity index (χ1n) is 6.74. The minimum absolute atomic E-state index is 0.527. The standard InChI is InChI=1S/C15H23NO2/c1-12(13-7-9-18-10-8-13)16-11-14-5-3-4-6-15(14)17-2/h3-6,12-13,16H,7-11H2,1-2H3. The molecule has 100 valence electrons. The van der Waals surface area contributed by atoms with Crippen molar-refractivity contribution in [2.45, 2.75) is 32.4 Å². The van der Waals surface area contributed by atoms with Crippen molar-refractivity contribution in [2.24, 2.45) is 5.92 Å². The number of methoxy groups -OCH3 is 1. The molecule has 1 aliphatic rings. The lowest BCUT2D eigenvalue weighted by atomic mass is 9.93. The van der Waals surface area contributed by atoms with Crippen molar-refractivity contribution in [3.05, 3.63) is 29.8 Å². The Morgan fingerprint density at radius 2 is 2.06 bits per heavy atom. The van der Waals surface area contributed by atoms with Gasteiger partial charge in [0.1, 0.15) is 5.75 Å². The van der Waals surface area contributed by atoms with Crippen molar-refractivity contribution in [2.75, 3.05) is 20.3 Å². The van der Waals surface area contributed by atoms with Crippen LogP contribution in [0.5, 0.6) is 5.75 Å². The van der Waals surface area contributed by atoms with Crippen LogP contribution in [0.15, 0.2) is 24.3 Å². The fraction of sp³-hybridized carbons (Fsp3) is 0.600. The van der Waals surface area contributed by atoms with E-state index in [1.165, 1.54) is 18.4 Å². The number of hydrogen-bond acceptors (Lipinski definition) is 3. The molecule has 0 amide bonds. The molecule has 0 radical (unpaired) electrons. The van der Waals surface area contributed by atoms with Crippen molar-refractivity contribution < 1.29 is 9.47 Å². The molecule has 1 atom stereocenters. The van der Waals surface area contributed by atoms with Crippen LogP contribution in [0.2, 0.25) is 0 Å². The van der Waals surface area contributed by atoms with E-state index in [9.17, 15) is 0 Å². The Morgan fingerprint density at radius 1 is 1.33 bits per heavy atom.